The zero-order chi connectivity index (χ0) is 8.55. The lowest BCUT2D eigenvalue weighted by Gasteiger charge is -2.15. The largest absolute Gasteiger partial charge is 0.224 e. The number of aryl methyl sites for hydroxylation is 1. The zero-order valence-electron chi connectivity index (χ0n) is 6.31. The molecule has 12 heavy (non-hydrogen) atoms. The molecule has 0 aromatic carbocycles. The number of nitrogens with zero attached hydrogens (tertiary/aromatic N) is 1. The van der Waals surface area contributed by atoms with Gasteiger partial charge in [-0.1, -0.05) is 23.2 Å². The SMILES string of the molecule is Clc1cc2c(c(Cl)n1)CSCC2. The van der Waals surface area contributed by atoms with Crippen LogP contribution in [0.1, 0.15) is 11.1 Å². The van der Waals surface area contributed by atoms with Crippen molar-refractivity contribution in [2.75, 3.05) is 5.75 Å². The molecule has 0 aliphatic carbocycles. The smallest absolute Gasteiger partial charge is 0.135 e. The Bertz CT molecular complexity index is 314. The van der Waals surface area contributed by atoms with Gasteiger partial charge in [-0.3, -0.25) is 0 Å². The highest BCUT2D eigenvalue weighted by atomic mass is 35.5. The van der Waals surface area contributed by atoms with E-state index >= 15 is 0 Å². The zero-order valence-corrected chi connectivity index (χ0v) is 8.64. The van der Waals surface area contributed by atoms with Crippen LogP contribution in [0.2, 0.25) is 10.3 Å². The van der Waals surface area contributed by atoms with Gasteiger partial charge in [0.25, 0.3) is 0 Å². The molecule has 2 rings (SSSR count). The maximum atomic E-state index is 5.94. The summed E-state index contributed by atoms with van der Waals surface area (Å²) in [7, 11) is 0. The first-order valence-corrected chi connectivity index (χ1v) is 5.60. The minimum atomic E-state index is 0.505. The van der Waals surface area contributed by atoms with E-state index in [9.17, 15) is 0 Å². The van der Waals surface area contributed by atoms with Crippen LogP contribution in [0, 0.1) is 0 Å². The molecule has 1 aliphatic rings. The molecule has 0 bridgehead atoms. The Hall–Kier alpha value is 0.0800. The molecule has 0 N–H and O–H groups in total. The van der Waals surface area contributed by atoms with E-state index in [2.05, 4.69) is 4.98 Å². The van der Waals surface area contributed by atoms with E-state index in [1.165, 1.54) is 5.56 Å². The Labute approximate surface area is 85.5 Å². The van der Waals surface area contributed by atoms with Crippen molar-refractivity contribution < 1.29 is 0 Å². The van der Waals surface area contributed by atoms with E-state index < -0.39 is 0 Å². The van der Waals surface area contributed by atoms with Gasteiger partial charge < -0.3 is 0 Å². The van der Waals surface area contributed by atoms with Crippen molar-refractivity contribution >= 4 is 35.0 Å². The quantitative estimate of drug-likeness (QED) is 0.623. The van der Waals surface area contributed by atoms with Crippen molar-refractivity contribution in [3.8, 4) is 0 Å². The van der Waals surface area contributed by atoms with Gasteiger partial charge in [-0.2, -0.15) is 11.8 Å². The lowest BCUT2D eigenvalue weighted by molar-refractivity contribution is 1.06. The minimum absolute atomic E-state index is 0.505. The molecule has 64 valence electrons. The molecule has 0 amide bonds. The lowest BCUT2D eigenvalue weighted by atomic mass is 10.1. The van der Waals surface area contributed by atoms with Crippen LogP contribution in [0.25, 0.3) is 0 Å². The van der Waals surface area contributed by atoms with Crippen LogP contribution in [0.5, 0.6) is 0 Å². The second kappa shape index (κ2) is 3.44. The van der Waals surface area contributed by atoms with E-state index in [1.54, 1.807) is 0 Å². The van der Waals surface area contributed by atoms with Crippen LogP contribution in [0.4, 0.5) is 0 Å². The second-order valence-corrected chi connectivity index (χ2v) is 4.53. The Morgan fingerprint density at radius 1 is 1.42 bits per heavy atom. The summed E-state index contributed by atoms with van der Waals surface area (Å²) in [6, 6.07) is 1.92. The number of rotatable bonds is 0. The highest BCUT2D eigenvalue weighted by molar-refractivity contribution is 7.98. The summed E-state index contributed by atoms with van der Waals surface area (Å²) in [5, 5.41) is 1.08. The van der Waals surface area contributed by atoms with Gasteiger partial charge in [-0.15, -0.1) is 0 Å². The molecule has 0 spiro atoms. The summed E-state index contributed by atoms with van der Waals surface area (Å²) < 4.78 is 0. The van der Waals surface area contributed by atoms with Crippen LogP contribution >= 0.6 is 35.0 Å². The number of thioether (sulfide) groups is 1. The van der Waals surface area contributed by atoms with Crippen molar-refractivity contribution in [2.45, 2.75) is 12.2 Å². The maximum Gasteiger partial charge on any atom is 0.135 e. The van der Waals surface area contributed by atoms with Gasteiger partial charge in [0.15, 0.2) is 0 Å². The van der Waals surface area contributed by atoms with Crippen molar-refractivity contribution in [1.29, 1.82) is 0 Å². The van der Waals surface area contributed by atoms with Gasteiger partial charge in [0.1, 0.15) is 10.3 Å². The Balaban J connectivity index is 2.53. The first-order chi connectivity index (χ1) is 5.77. The third-order valence-corrected chi connectivity index (χ3v) is 3.39. The molecule has 0 saturated carbocycles. The predicted molar refractivity (Wildman–Crippen MR) is 54.1 cm³/mol. The van der Waals surface area contributed by atoms with Crippen LogP contribution in [-0.4, -0.2) is 10.7 Å². The van der Waals surface area contributed by atoms with Crippen LogP contribution in [-0.2, 0) is 12.2 Å². The van der Waals surface area contributed by atoms with Crippen molar-refractivity contribution in [3.05, 3.63) is 27.5 Å². The molecule has 0 saturated heterocycles. The normalized spacial score (nSPS) is 15.8. The molecule has 0 radical (unpaired) electrons. The molecular formula is C8H7Cl2NS. The Kier molecular flexibility index (Phi) is 2.49. The summed E-state index contributed by atoms with van der Waals surface area (Å²) in [5.41, 5.74) is 2.43. The van der Waals surface area contributed by atoms with Gasteiger partial charge >= 0.3 is 0 Å². The van der Waals surface area contributed by atoms with Crippen molar-refractivity contribution in [2.24, 2.45) is 0 Å². The van der Waals surface area contributed by atoms with Gasteiger partial charge in [0.05, 0.1) is 0 Å². The summed E-state index contributed by atoms with van der Waals surface area (Å²) >= 11 is 13.6. The van der Waals surface area contributed by atoms with E-state index in [-0.39, 0.29) is 0 Å². The highest BCUT2D eigenvalue weighted by Crippen LogP contribution is 2.30. The fourth-order valence-corrected chi connectivity index (χ4v) is 2.94. The van der Waals surface area contributed by atoms with E-state index in [0.29, 0.717) is 10.3 Å². The highest BCUT2D eigenvalue weighted by Gasteiger charge is 2.14. The summed E-state index contributed by atoms with van der Waals surface area (Å²) in [6.45, 7) is 0. The monoisotopic (exact) mass is 219 g/mol. The standard InChI is InChI=1S/C8H7Cl2NS/c9-7-3-5-1-2-12-4-6(5)8(10)11-7/h3H,1-2,4H2. The molecule has 1 aromatic heterocycles. The van der Waals surface area contributed by atoms with Crippen molar-refractivity contribution in [3.63, 3.8) is 0 Å². The van der Waals surface area contributed by atoms with Gasteiger partial charge in [-0.05, 0) is 23.8 Å². The van der Waals surface area contributed by atoms with Gasteiger partial charge in [0.2, 0.25) is 0 Å². The molecular weight excluding hydrogens is 213 g/mol. The topological polar surface area (TPSA) is 12.9 Å². The van der Waals surface area contributed by atoms with Crippen LogP contribution in [0.3, 0.4) is 0 Å². The number of pyridine rings is 1. The molecule has 1 aliphatic heterocycles. The molecule has 0 unspecified atom stereocenters. The summed E-state index contributed by atoms with van der Waals surface area (Å²) in [6.07, 6.45) is 1.06. The fraction of sp³-hybridized carbons (Fsp3) is 0.375. The van der Waals surface area contributed by atoms with Crippen molar-refractivity contribution in [1.82, 2.24) is 4.98 Å². The fourth-order valence-electron chi connectivity index (χ4n) is 1.29. The second-order valence-electron chi connectivity index (χ2n) is 2.68. The third-order valence-electron chi connectivity index (χ3n) is 1.90. The van der Waals surface area contributed by atoms with E-state index in [4.69, 9.17) is 23.2 Å². The molecule has 1 nitrogen and oxygen atoms in total. The number of fused-ring (bicyclic) bond motifs is 1. The summed E-state index contributed by atoms with van der Waals surface area (Å²) in [4.78, 5) is 4.00. The van der Waals surface area contributed by atoms with Gasteiger partial charge in [-0.25, -0.2) is 4.98 Å². The molecule has 0 atom stereocenters. The van der Waals surface area contributed by atoms with Crippen LogP contribution < -0.4 is 0 Å². The minimum Gasteiger partial charge on any atom is -0.224 e. The van der Waals surface area contributed by atoms with E-state index in [0.717, 1.165) is 23.5 Å². The maximum absolute atomic E-state index is 5.94. The number of hydrogen-bond donors (Lipinski definition) is 0. The number of aromatic nitrogens is 1. The average molecular weight is 220 g/mol. The molecule has 0 fully saturated rings. The average Bonchev–Trinajstić information content (AvgIpc) is 2.04. The Morgan fingerprint density at radius 3 is 3.08 bits per heavy atom. The Morgan fingerprint density at radius 2 is 2.25 bits per heavy atom. The van der Waals surface area contributed by atoms with Crippen LogP contribution in [0.15, 0.2) is 6.07 Å². The predicted octanol–water partition coefficient (Wildman–Crippen LogP) is 3.18. The molecule has 2 heterocycles. The molecule has 4 heteroatoms. The first-order valence-electron chi connectivity index (χ1n) is 3.69. The number of halogens is 2. The third kappa shape index (κ3) is 1.56. The molecule has 1 aromatic rings. The van der Waals surface area contributed by atoms with E-state index in [1.807, 2.05) is 17.8 Å². The first kappa shape index (κ1) is 8.67. The number of hydrogen-bond acceptors (Lipinski definition) is 2. The van der Waals surface area contributed by atoms with Gasteiger partial charge in [0, 0.05) is 11.3 Å². The summed E-state index contributed by atoms with van der Waals surface area (Å²) in [5.74, 6) is 2.13. The lowest BCUT2D eigenvalue weighted by Crippen LogP contribution is -2.04.